The number of fused-ring (bicyclic) bond motifs is 2. The Balaban J connectivity index is 1.15. The number of aliphatic hydroxyl groups is 6. The van der Waals surface area contributed by atoms with Gasteiger partial charge in [0.1, 0.15) is 72.5 Å². The van der Waals surface area contributed by atoms with E-state index in [1.807, 2.05) is 0 Å². The third-order valence-corrected chi connectivity index (χ3v) is 28.5. The van der Waals surface area contributed by atoms with Crippen LogP contribution in [0, 0.1) is 0 Å². The minimum absolute atomic E-state index is 0.0205. The molecule has 0 bridgehead atoms. The first-order valence-electron chi connectivity index (χ1n) is 47.0. The summed E-state index contributed by atoms with van der Waals surface area (Å²) in [6.45, 7) is 3.49. The lowest BCUT2D eigenvalue weighted by molar-refractivity contribution is -0.136. The number of unbranched alkanes of at least 4 members (excludes halogenated alkanes) is 2. The van der Waals surface area contributed by atoms with Gasteiger partial charge >= 0.3 is 0 Å². The zero-order valence-electron chi connectivity index (χ0n) is 79.4. The van der Waals surface area contributed by atoms with Gasteiger partial charge in [0.2, 0.25) is 82.7 Å². The molecule has 1 aliphatic rings. The Morgan fingerprint density at radius 1 is 0.387 bits per heavy atom. The molecule has 44 heteroatoms. The molecule has 30 N–H and O–H groups in total. The molecule has 142 heavy (non-hydrogen) atoms. The zero-order chi connectivity index (χ0) is 103. The maximum absolute atomic E-state index is 15.6. The van der Waals surface area contributed by atoms with Crippen molar-refractivity contribution in [3.8, 4) is 0 Å². The molecule has 20 atom stereocenters. The number of aromatic amines is 2. The quantitative estimate of drug-likeness (QED) is 0.0159. The molecule has 6 aromatic carbocycles. The second kappa shape index (κ2) is 58.5. The monoisotopic (exact) mass is 2040 g/mol. The highest BCUT2D eigenvalue weighted by molar-refractivity contribution is 8.77. The second-order valence-electron chi connectivity index (χ2n) is 35.0. The van der Waals surface area contributed by atoms with Crippen LogP contribution in [0.5, 0.6) is 0 Å². The van der Waals surface area contributed by atoms with Crippen LogP contribution in [0.2, 0.25) is 0 Å². The summed E-state index contributed by atoms with van der Waals surface area (Å²) in [5, 5.41) is 104. The van der Waals surface area contributed by atoms with Crippen LogP contribution in [0.4, 0.5) is 0 Å². The van der Waals surface area contributed by atoms with E-state index in [0.29, 0.717) is 68.2 Å². The van der Waals surface area contributed by atoms with Crippen molar-refractivity contribution in [2.24, 2.45) is 22.9 Å². The molecular weight excluding hydrogens is 1910 g/mol. The molecule has 14 amide bonds. The van der Waals surface area contributed by atoms with Crippen molar-refractivity contribution in [1.29, 1.82) is 0 Å². The molecule has 3 heterocycles. The van der Waals surface area contributed by atoms with Crippen LogP contribution in [0.25, 0.3) is 21.8 Å². The molecule has 8 aromatic rings. The molecule has 0 unspecified atom stereocenters. The molecule has 0 spiro atoms. The standard InChI is InChI=1S/C98H132N20O20S4/c1-55(121)77(49-119)111-95(135)81-53-142-140-52-80(114-86(126)68(102)42-60-27-11-6-12-28-60)94(134)108-74(44-62-31-15-8-16-32-62)90(130)110-76(47-65-45-63-33-17-19-35-69(63)104-65)92(132)106-72(38-22-24-40-100)88(128)118-84(58(4)124)98(138)116-82(96(136)112-78(50-120)56(2)122)54-141-139-51-79(113-85(125)67(101)41-59-25-9-5-10-26-59)93(133)107-73(43-61-29-13-7-14-30-61)89(129)109-75(46-64-48-103-70-36-20-18-34-66(64)70)91(131)105-71(37-21-23-39-99)87(127)117-83(57(3)123)97(137)115-81/h5-20,25-36,45,48,55-58,67-68,71-84,103-104,119-124H,21-24,37-44,46-47,49-54,99-102H2,1-4H3,(H,105,131)(H,106,132)(H,107,133)(H,108,134)(H,109,129)(H,110,130)(H,111,135)(H,112,136)(H,113,125)(H,114,126)(H,115,137)(H,116,138)(H,117,127)(H,118,128)/t55-,56-,57-,58-,67-,68-,71+,72+,73+,74+,75-,76-,77-,78-,79+,80+,81+,82+,83+,84+/m1/s1. The maximum Gasteiger partial charge on any atom is 0.245 e. The van der Waals surface area contributed by atoms with E-state index in [0.717, 1.165) is 57.0 Å². The van der Waals surface area contributed by atoms with Crippen molar-refractivity contribution in [2.45, 2.75) is 226 Å². The summed E-state index contributed by atoms with van der Waals surface area (Å²) in [5.74, 6) is -15.7. The Bertz CT molecular complexity index is 5410. The lowest BCUT2D eigenvalue weighted by Crippen LogP contribution is -2.62. The van der Waals surface area contributed by atoms with Crippen molar-refractivity contribution < 1.29 is 97.8 Å². The topological polar surface area (TPSA) is 664 Å². The van der Waals surface area contributed by atoms with Gasteiger partial charge in [0.25, 0.3) is 0 Å². The Hall–Kier alpha value is -12.0. The van der Waals surface area contributed by atoms with Crippen molar-refractivity contribution in [3.63, 3.8) is 0 Å². The smallest absolute Gasteiger partial charge is 0.245 e. The number of carbonyl (C=O) groups excluding carboxylic acids is 14. The molecule has 0 aliphatic carbocycles. The zero-order valence-corrected chi connectivity index (χ0v) is 82.6. The third kappa shape index (κ3) is 36.1. The number of rotatable bonds is 34. The van der Waals surface area contributed by atoms with Crippen LogP contribution >= 0.6 is 43.2 Å². The fourth-order valence-corrected chi connectivity index (χ4v) is 20.1. The summed E-state index contributed by atoms with van der Waals surface area (Å²) >= 11 is 0. The molecule has 1 fully saturated rings. The predicted molar refractivity (Wildman–Crippen MR) is 544 cm³/mol. The summed E-state index contributed by atoms with van der Waals surface area (Å²) in [5.41, 5.74) is 29.6. The van der Waals surface area contributed by atoms with E-state index in [-0.39, 0.29) is 77.3 Å². The number of H-pyrrole nitrogens is 2. The van der Waals surface area contributed by atoms with Crippen LogP contribution in [0.15, 0.2) is 182 Å². The minimum atomic E-state index is -1.95. The van der Waals surface area contributed by atoms with Crippen LogP contribution in [0.3, 0.4) is 0 Å². The van der Waals surface area contributed by atoms with E-state index in [4.69, 9.17) is 22.9 Å². The number of benzene rings is 6. The summed E-state index contributed by atoms with van der Waals surface area (Å²) in [7, 11) is 3.45. The maximum atomic E-state index is 15.6. The van der Waals surface area contributed by atoms with E-state index in [1.54, 1.807) is 182 Å². The van der Waals surface area contributed by atoms with Gasteiger partial charge in [-0.3, -0.25) is 67.1 Å². The Kier molecular flexibility index (Phi) is 46.8. The molecule has 0 saturated carbocycles. The minimum Gasteiger partial charge on any atom is -0.394 e. The fraction of sp³-hybridized carbons (Fsp3) is 0.449. The van der Waals surface area contributed by atoms with Gasteiger partial charge in [-0.15, -0.1) is 0 Å². The van der Waals surface area contributed by atoms with Crippen molar-refractivity contribution >= 4 is 148 Å². The van der Waals surface area contributed by atoms with Crippen LogP contribution in [-0.4, -0.2) is 294 Å². The van der Waals surface area contributed by atoms with Gasteiger partial charge in [-0.25, -0.2) is 0 Å². The summed E-state index contributed by atoms with van der Waals surface area (Å²) < 4.78 is 0. The van der Waals surface area contributed by atoms with Gasteiger partial charge < -0.3 is 138 Å². The molecule has 2 aromatic heterocycles. The number of aromatic nitrogens is 2. The van der Waals surface area contributed by atoms with E-state index in [1.165, 1.54) is 13.8 Å². The predicted octanol–water partition coefficient (Wildman–Crippen LogP) is -1.61. The van der Waals surface area contributed by atoms with Crippen LogP contribution in [0.1, 0.15) is 99.7 Å². The number of hydrogen-bond acceptors (Lipinski definition) is 28. The number of hydrogen-bond donors (Lipinski definition) is 26. The van der Waals surface area contributed by atoms with Crippen molar-refractivity contribution in [1.82, 2.24) is 84.4 Å². The number of amides is 14. The molecule has 9 rings (SSSR count). The van der Waals surface area contributed by atoms with E-state index >= 15 is 43.2 Å². The van der Waals surface area contributed by atoms with E-state index < -0.39 is 240 Å². The highest BCUT2D eigenvalue weighted by Crippen LogP contribution is 2.28. The Morgan fingerprint density at radius 3 is 1.12 bits per heavy atom. The van der Waals surface area contributed by atoms with Gasteiger partial charge in [0.05, 0.1) is 61.8 Å². The van der Waals surface area contributed by atoms with E-state index in [9.17, 15) is 54.6 Å². The molecule has 1 saturated heterocycles. The Labute approximate surface area is 838 Å². The van der Waals surface area contributed by atoms with Gasteiger partial charge in [-0.05, 0) is 144 Å². The Morgan fingerprint density at radius 2 is 0.732 bits per heavy atom. The summed E-state index contributed by atoms with van der Waals surface area (Å²) in [6, 6.07) is 24.6. The largest absolute Gasteiger partial charge is 0.394 e. The van der Waals surface area contributed by atoms with Crippen LogP contribution in [-0.2, 0) is 106 Å². The van der Waals surface area contributed by atoms with Crippen molar-refractivity contribution in [2.75, 3.05) is 49.3 Å². The number of nitrogens with one attached hydrogen (secondary N) is 16. The molecule has 768 valence electrons. The normalized spacial score (nSPS) is 22.8. The molecule has 0 radical (unpaired) electrons. The average molecular weight is 2040 g/mol. The third-order valence-electron chi connectivity index (χ3n) is 23.6. The van der Waals surface area contributed by atoms with Crippen molar-refractivity contribution in [3.05, 3.63) is 216 Å². The first-order chi connectivity index (χ1) is 68.1. The van der Waals surface area contributed by atoms with Crippen LogP contribution < -0.4 is 97.4 Å². The second-order valence-corrected chi connectivity index (χ2v) is 40.1. The molecule has 40 nitrogen and oxygen atoms in total. The SMILES string of the molecule is C[C@@H](O)[C@@H]1NC(=O)[C@H](CCCCN)NC(=O)[C@@H](Cc2cc3ccccc3[nH]2)NC(=O)[C@H](Cc2ccccc2)NC(=O)[C@@H](NC(=O)[C@H](N)Cc2ccccc2)CSSC[C@@H](C(=O)N[C@H](CO)[C@@H](C)O)NC(=O)[C@H]([C@@H](C)O)NC(=O)[C@H](CCCCN)NC(=O)[C@@H](Cc2c[nH]c3ccccc23)NC(=O)[C@H](Cc2ccccc2)NC(=O)[C@@H](NC(=O)[C@H](N)Cc2ccccc2)CSSC[C@@H](C(=O)N[C@H](CO)[C@@H](C)O)NC1=O. The first kappa shape index (κ1) is 114. The van der Waals surface area contributed by atoms with Gasteiger partial charge in [0, 0.05) is 77.0 Å². The number of para-hydroxylation sites is 2. The van der Waals surface area contributed by atoms with E-state index in [2.05, 4.69) is 84.4 Å². The lowest BCUT2D eigenvalue weighted by atomic mass is 10.0. The lowest BCUT2D eigenvalue weighted by Gasteiger charge is -2.29. The number of aliphatic hydroxyl groups excluding tert-OH is 6. The highest BCUT2D eigenvalue weighted by Gasteiger charge is 2.41. The summed E-state index contributed by atoms with van der Waals surface area (Å²) in [4.78, 5) is 218. The highest BCUT2D eigenvalue weighted by atomic mass is 33.1. The number of carbonyl (C=O) groups is 14. The summed E-state index contributed by atoms with van der Waals surface area (Å²) in [6.07, 6.45) is -5.35. The van der Waals surface area contributed by atoms with Gasteiger partial charge in [-0.2, -0.15) is 0 Å². The fourth-order valence-electron chi connectivity index (χ4n) is 15.4. The van der Waals surface area contributed by atoms with Gasteiger partial charge in [-0.1, -0.05) is 201 Å². The van der Waals surface area contributed by atoms with Gasteiger partial charge in [0.15, 0.2) is 0 Å². The molecule has 1 aliphatic heterocycles. The molecular formula is C98H132N20O20S4. The first-order valence-corrected chi connectivity index (χ1v) is 52.0. The average Bonchev–Trinajstić information content (AvgIpc) is 1.73. The number of nitrogens with two attached hydrogens (primary N) is 4.